The van der Waals surface area contributed by atoms with Gasteiger partial charge in [-0.2, -0.15) is 0 Å². The second-order valence-electron chi connectivity index (χ2n) is 3.52. The lowest BCUT2D eigenvalue weighted by molar-refractivity contribution is -0.137. The van der Waals surface area contributed by atoms with Crippen molar-refractivity contribution in [3.8, 4) is 0 Å². The Balaban J connectivity index is 2.26. The molecule has 0 radical (unpaired) electrons. The molecule has 1 heterocycles. The SMILES string of the molecule is N=c1sc2ccccc2n1CCCC(=O)O. The highest BCUT2D eigenvalue weighted by Crippen LogP contribution is 2.16. The molecule has 0 bridgehead atoms. The molecule has 0 atom stereocenters. The molecule has 1 aromatic heterocycles. The number of carboxylic acid groups (broad SMARTS) is 1. The number of nitrogens with zero attached hydrogens (tertiary/aromatic N) is 1. The van der Waals surface area contributed by atoms with Gasteiger partial charge in [0.15, 0.2) is 4.80 Å². The molecule has 84 valence electrons. The van der Waals surface area contributed by atoms with E-state index in [1.54, 1.807) is 0 Å². The van der Waals surface area contributed by atoms with Crippen LogP contribution in [0.4, 0.5) is 0 Å². The van der Waals surface area contributed by atoms with Crippen molar-refractivity contribution in [2.75, 3.05) is 0 Å². The number of para-hydroxylation sites is 1. The number of fused-ring (bicyclic) bond motifs is 1. The van der Waals surface area contributed by atoms with Gasteiger partial charge < -0.3 is 9.67 Å². The van der Waals surface area contributed by atoms with Crippen LogP contribution in [0.2, 0.25) is 0 Å². The maximum atomic E-state index is 10.4. The minimum absolute atomic E-state index is 0.149. The fraction of sp³-hybridized carbons (Fsp3) is 0.273. The van der Waals surface area contributed by atoms with E-state index >= 15 is 0 Å². The van der Waals surface area contributed by atoms with Gasteiger partial charge in [-0.15, -0.1) is 0 Å². The zero-order chi connectivity index (χ0) is 11.5. The highest BCUT2D eigenvalue weighted by atomic mass is 32.1. The van der Waals surface area contributed by atoms with Crippen molar-refractivity contribution in [2.24, 2.45) is 0 Å². The topological polar surface area (TPSA) is 66.1 Å². The Hall–Kier alpha value is -1.62. The summed E-state index contributed by atoms with van der Waals surface area (Å²) in [6, 6.07) is 7.82. The average Bonchev–Trinajstić information content (AvgIpc) is 2.55. The van der Waals surface area contributed by atoms with Crippen molar-refractivity contribution in [1.82, 2.24) is 4.57 Å². The molecule has 0 unspecified atom stereocenters. The van der Waals surface area contributed by atoms with Crippen molar-refractivity contribution in [1.29, 1.82) is 5.41 Å². The van der Waals surface area contributed by atoms with Gasteiger partial charge in [0.1, 0.15) is 0 Å². The summed E-state index contributed by atoms with van der Waals surface area (Å²) in [6.07, 6.45) is 0.712. The maximum absolute atomic E-state index is 10.4. The van der Waals surface area contributed by atoms with Gasteiger partial charge in [-0.3, -0.25) is 10.2 Å². The lowest BCUT2D eigenvalue weighted by Crippen LogP contribution is -2.13. The quantitative estimate of drug-likeness (QED) is 0.853. The van der Waals surface area contributed by atoms with Crippen molar-refractivity contribution in [2.45, 2.75) is 19.4 Å². The van der Waals surface area contributed by atoms with Gasteiger partial charge in [-0.1, -0.05) is 23.5 Å². The van der Waals surface area contributed by atoms with Gasteiger partial charge in [0, 0.05) is 13.0 Å². The first-order valence-corrected chi connectivity index (χ1v) is 5.85. The van der Waals surface area contributed by atoms with Crippen LogP contribution in [-0.2, 0) is 11.3 Å². The number of carbonyl (C=O) groups is 1. The minimum atomic E-state index is -0.785. The number of hydrogen-bond donors (Lipinski definition) is 2. The van der Waals surface area contributed by atoms with E-state index in [-0.39, 0.29) is 6.42 Å². The Morgan fingerprint density at radius 1 is 1.44 bits per heavy atom. The van der Waals surface area contributed by atoms with Gasteiger partial charge in [-0.05, 0) is 18.6 Å². The molecule has 0 aliphatic carbocycles. The summed E-state index contributed by atoms with van der Waals surface area (Å²) >= 11 is 1.42. The summed E-state index contributed by atoms with van der Waals surface area (Å²) in [6.45, 7) is 0.592. The Kier molecular flexibility index (Phi) is 3.05. The third-order valence-corrected chi connectivity index (χ3v) is 3.36. The number of rotatable bonds is 4. The number of nitrogens with one attached hydrogen (secondary N) is 1. The van der Waals surface area contributed by atoms with Crippen LogP contribution >= 0.6 is 11.3 Å². The third-order valence-electron chi connectivity index (χ3n) is 2.38. The van der Waals surface area contributed by atoms with Crippen LogP contribution in [0.1, 0.15) is 12.8 Å². The molecule has 4 nitrogen and oxygen atoms in total. The van der Waals surface area contributed by atoms with E-state index in [0.29, 0.717) is 17.8 Å². The molecule has 0 aliphatic rings. The second-order valence-corrected chi connectivity index (χ2v) is 4.55. The lowest BCUT2D eigenvalue weighted by Gasteiger charge is -2.02. The van der Waals surface area contributed by atoms with Crippen LogP contribution in [0.25, 0.3) is 10.2 Å². The van der Waals surface area contributed by atoms with E-state index in [1.807, 2.05) is 28.8 Å². The molecule has 0 fully saturated rings. The van der Waals surface area contributed by atoms with Crippen LogP contribution in [0.15, 0.2) is 24.3 Å². The minimum Gasteiger partial charge on any atom is -0.481 e. The van der Waals surface area contributed by atoms with Crippen molar-refractivity contribution >= 4 is 27.5 Å². The van der Waals surface area contributed by atoms with E-state index in [4.69, 9.17) is 10.5 Å². The van der Waals surface area contributed by atoms with Gasteiger partial charge in [0.05, 0.1) is 10.2 Å². The number of aryl methyl sites for hydroxylation is 1. The first kappa shape index (κ1) is 10.9. The molecule has 0 spiro atoms. The molecule has 0 amide bonds. The molecule has 2 aromatic rings. The largest absolute Gasteiger partial charge is 0.481 e. The number of hydrogen-bond acceptors (Lipinski definition) is 3. The number of aromatic nitrogens is 1. The second kappa shape index (κ2) is 4.49. The summed E-state index contributed by atoms with van der Waals surface area (Å²) in [5.74, 6) is -0.785. The highest BCUT2D eigenvalue weighted by molar-refractivity contribution is 7.16. The predicted octanol–water partition coefficient (Wildman–Crippen LogP) is 2.05. The molecule has 5 heteroatoms. The summed E-state index contributed by atoms with van der Waals surface area (Å²) < 4.78 is 2.94. The van der Waals surface area contributed by atoms with E-state index in [2.05, 4.69) is 0 Å². The number of thiazole rings is 1. The van der Waals surface area contributed by atoms with Crippen LogP contribution in [0.3, 0.4) is 0 Å². The van der Waals surface area contributed by atoms with Crippen LogP contribution in [0.5, 0.6) is 0 Å². The zero-order valence-electron chi connectivity index (χ0n) is 8.64. The van der Waals surface area contributed by atoms with E-state index in [9.17, 15) is 4.79 Å². The molecule has 2 rings (SSSR count). The van der Waals surface area contributed by atoms with Crippen molar-refractivity contribution < 1.29 is 9.90 Å². The van der Waals surface area contributed by atoms with E-state index < -0.39 is 5.97 Å². The monoisotopic (exact) mass is 236 g/mol. The summed E-state index contributed by atoms with van der Waals surface area (Å²) in [5.41, 5.74) is 1.02. The molecule has 0 saturated carbocycles. The molecule has 0 saturated heterocycles. The maximum Gasteiger partial charge on any atom is 0.303 e. The van der Waals surface area contributed by atoms with Crippen molar-refractivity contribution in [3.05, 3.63) is 29.1 Å². The van der Waals surface area contributed by atoms with E-state index in [1.165, 1.54) is 11.3 Å². The zero-order valence-corrected chi connectivity index (χ0v) is 9.46. The predicted molar refractivity (Wildman–Crippen MR) is 62.5 cm³/mol. The fourth-order valence-electron chi connectivity index (χ4n) is 1.65. The first-order valence-electron chi connectivity index (χ1n) is 5.03. The third kappa shape index (κ3) is 2.14. The lowest BCUT2D eigenvalue weighted by atomic mass is 10.3. The fourth-order valence-corrected chi connectivity index (χ4v) is 2.58. The van der Waals surface area contributed by atoms with Crippen molar-refractivity contribution in [3.63, 3.8) is 0 Å². The highest BCUT2D eigenvalue weighted by Gasteiger charge is 2.04. The summed E-state index contributed by atoms with van der Waals surface area (Å²) in [7, 11) is 0. The molecule has 1 aromatic carbocycles. The molecular weight excluding hydrogens is 224 g/mol. The Labute approximate surface area is 96.3 Å². The number of benzene rings is 1. The van der Waals surface area contributed by atoms with Crippen LogP contribution in [-0.4, -0.2) is 15.6 Å². The Morgan fingerprint density at radius 2 is 2.19 bits per heavy atom. The number of carboxylic acids is 1. The molecule has 2 N–H and O–H groups in total. The Bertz CT molecular complexity index is 571. The Morgan fingerprint density at radius 3 is 2.94 bits per heavy atom. The summed E-state index contributed by atoms with van der Waals surface area (Å²) in [4.78, 5) is 10.9. The molecular formula is C11H12N2O2S. The molecule has 16 heavy (non-hydrogen) atoms. The molecule has 0 aliphatic heterocycles. The van der Waals surface area contributed by atoms with E-state index in [0.717, 1.165) is 10.2 Å². The smallest absolute Gasteiger partial charge is 0.303 e. The normalized spacial score (nSPS) is 10.8. The number of aliphatic carboxylic acids is 1. The first-order chi connectivity index (χ1) is 7.68. The van der Waals surface area contributed by atoms with Gasteiger partial charge in [-0.25, -0.2) is 0 Å². The van der Waals surface area contributed by atoms with Crippen LogP contribution in [0, 0.1) is 5.41 Å². The van der Waals surface area contributed by atoms with Gasteiger partial charge in [0.2, 0.25) is 0 Å². The summed E-state index contributed by atoms with van der Waals surface area (Å²) in [5, 5.41) is 16.4. The van der Waals surface area contributed by atoms with Gasteiger partial charge in [0.25, 0.3) is 0 Å². The van der Waals surface area contributed by atoms with Crippen LogP contribution < -0.4 is 4.80 Å². The average molecular weight is 236 g/mol. The standard InChI is InChI=1S/C11H12N2O2S/c12-11-13(7-3-6-10(14)15)8-4-1-2-5-9(8)16-11/h1-2,4-5,12H,3,6-7H2,(H,14,15). The van der Waals surface area contributed by atoms with Gasteiger partial charge >= 0.3 is 5.97 Å².